The van der Waals surface area contributed by atoms with Gasteiger partial charge in [0, 0.05) is 16.0 Å². The van der Waals surface area contributed by atoms with Crippen LogP contribution in [0.3, 0.4) is 0 Å². The molecule has 0 aliphatic carbocycles. The van der Waals surface area contributed by atoms with Crippen molar-refractivity contribution in [2.24, 2.45) is 0 Å². The first-order valence-corrected chi connectivity index (χ1v) is 10.2. The predicted octanol–water partition coefficient (Wildman–Crippen LogP) is 5.98. The molecule has 0 spiro atoms. The molecule has 0 unspecified atom stereocenters. The van der Waals surface area contributed by atoms with Gasteiger partial charge in [-0.1, -0.05) is 6.92 Å². The van der Waals surface area contributed by atoms with Gasteiger partial charge in [0.25, 0.3) is 0 Å². The summed E-state index contributed by atoms with van der Waals surface area (Å²) in [6, 6.07) is 13.9. The summed E-state index contributed by atoms with van der Waals surface area (Å²) >= 11 is 3.34. The molecule has 0 radical (unpaired) electrons. The van der Waals surface area contributed by atoms with Crippen molar-refractivity contribution in [2.75, 3.05) is 20.0 Å². The number of ketones is 1. The summed E-state index contributed by atoms with van der Waals surface area (Å²) in [6.07, 6.45) is 0.614. The van der Waals surface area contributed by atoms with Crippen molar-refractivity contribution in [3.8, 4) is 11.5 Å². The molecule has 26 heavy (non-hydrogen) atoms. The van der Waals surface area contributed by atoms with E-state index in [9.17, 15) is 4.79 Å². The fourth-order valence-electron chi connectivity index (χ4n) is 2.20. The van der Waals surface area contributed by atoms with Gasteiger partial charge in [-0.05, 0) is 65.7 Å². The van der Waals surface area contributed by atoms with Gasteiger partial charge in [-0.25, -0.2) is 0 Å². The monoisotopic (exact) mass is 388 g/mol. The summed E-state index contributed by atoms with van der Waals surface area (Å²) in [5.74, 6) is 2.62. The fourth-order valence-corrected chi connectivity index (χ4v) is 3.98. The van der Waals surface area contributed by atoms with Gasteiger partial charge in [-0.2, -0.15) is 0 Å². The van der Waals surface area contributed by atoms with E-state index in [1.54, 1.807) is 37.3 Å². The Hall–Kier alpha value is -1.98. The predicted molar refractivity (Wildman–Crippen MR) is 112 cm³/mol. The van der Waals surface area contributed by atoms with Crippen molar-refractivity contribution >= 4 is 39.0 Å². The highest BCUT2D eigenvalue weighted by Crippen LogP contribution is 2.28. The number of methoxy groups -OCH3 is 2. The number of ether oxygens (including phenoxy) is 2. The Labute approximate surface area is 163 Å². The van der Waals surface area contributed by atoms with Gasteiger partial charge in [0.05, 0.1) is 20.0 Å². The molecule has 0 saturated heterocycles. The molecule has 0 aliphatic rings. The number of carbonyl (C=O) groups is 1. The summed E-state index contributed by atoms with van der Waals surface area (Å²) in [7, 11) is 3.34. The summed E-state index contributed by atoms with van der Waals surface area (Å²) in [5, 5.41) is 3.48. The normalized spacial score (nSPS) is 10.2. The van der Waals surface area contributed by atoms with Crippen LogP contribution in [-0.2, 0) is 4.79 Å². The van der Waals surface area contributed by atoms with E-state index < -0.39 is 0 Å². The number of thiophene rings is 1. The van der Waals surface area contributed by atoms with Crippen LogP contribution in [0.5, 0.6) is 11.5 Å². The Morgan fingerprint density at radius 3 is 2.31 bits per heavy atom. The Morgan fingerprint density at radius 2 is 1.69 bits per heavy atom. The van der Waals surface area contributed by atoms with Crippen molar-refractivity contribution in [3.05, 3.63) is 53.4 Å². The van der Waals surface area contributed by atoms with Crippen LogP contribution < -0.4 is 9.47 Å². The Morgan fingerprint density at radius 1 is 1.04 bits per heavy atom. The molecule has 0 amide bonds. The molecule has 138 valence electrons. The molecular weight excluding hydrogens is 364 g/mol. The van der Waals surface area contributed by atoms with Crippen molar-refractivity contribution in [3.63, 3.8) is 0 Å². The minimum Gasteiger partial charge on any atom is -0.497 e. The minimum absolute atomic E-state index is 0.283. The highest BCUT2D eigenvalue weighted by atomic mass is 32.2. The molecule has 3 nitrogen and oxygen atoms in total. The van der Waals surface area contributed by atoms with E-state index in [0.29, 0.717) is 12.2 Å². The zero-order valence-electron chi connectivity index (χ0n) is 15.6. The maximum Gasteiger partial charge on any atom is 0.142 e. The molecule has 1 aromatic heterocycles. The third-order valence-electron chi connectivity index (χ3n) is 3.83. The molecular formula is C21H24O3S2. The lowest BCUT2D eigenvalue weighted by atomic mass is 10.2. The maximum atomic E-state index is 11.1. The molecule has 3 rings (SSSR count). The van der Waals surface area contributed by atoms with Crippen molar-refractivity contribution in [2.45, 2.75) is 25.2 Å². The lowest BCUT2D eigenvalue weighted by molar-refractivity contribution is -0.116. The first-order valence-electron chi connectivity index (χ1n) is 8.37. The highest BCUT2D eigenvalue weighted by molar-refractivity contribution is 8.00. The Balaban J connectivity index is 0.000000189. The van der Waals surface area contributed by atoms with Gasteiger partial charge in [-0.15, -0.1) is 23.1 Å². The fraction of sp³-hybridized carbons (Fsp3) is 0.286. The number of thioether (sulfide) groups is 1. The molecule has 1 heterocycles. The Bertz CT molecular complexity index is 838. The molecule has 2 aromatic carbocycles. The van der Waals surface area contributed by atoms with Gasteiger partial charge in [-0.3, -0.25) is 4.79 Å². The zero-order valence-corrected chi connectivity index (χ0v) is 17.2. The number of Topliss-reactive ketones (excluding diaryl/α,β-unsaturated/α-hetero) is 1. The summed E-state index contributed by atoms with van der Waals surface area (Å²) in [6.45, 7) is 4.01. The van der Waals surface area contributed by atoms with E-state index in [1.807, 2.05) is 37.3 Å². The number of rotatable bonds is 6. The van der Waals surface area contributed by atoms with Crippen molar-refractivity contribution in [1.82, 2.24) is 0 Å². The van der Waals surface area contributed by atoms with Crippen LogP contribution >= 0.6 is 23.1 Å². The third kappa shape index (κ3) is 5.78. The first-order chi connectivity index (χ1) is 12.6. The van der Waals surface area contributed by atoms with Gasteiger partial charge in [0.15, 0.2) is 0 Å². The molecule has 3 aromatic rings. The van der Waals surface area contributed by atoms with Crippen LogP contribution in [0.15, 0.2) is 52.7 Å². The van der Waals surface area contributed by atoms with Crippen LogP contribution in [0, 0.1) is 6.92 Å². The second-order valence-corrected chi connectivity index (χ2v) is 7.60. The zero-order chi connectivity index (χ0) is 18.9. The average molecular weight is 389 g/mol. The molecule has 0 fully saturated rings. The standard InChI is InChI=1S/C11H14O2S.C10H10OS/c1-3-9(12)8-14-11-6-4-10(13-2)5-7-11;1-7-6-12-10-4-3-8(11-2)5-9(7)10/h4-7H,3,8H2,1-2H3;3-6H,1-2H3. The Kier molecular flexibility index (Phi) is 8.01. The van der Waals surface area contributed by atoms with E-state index >= 15 is 0 Å². The first kappa shape index (κ1) is 20.3. The maximum absolute atomic E-state index is 11.1. The van der Waals surface area contributed by atoms with Gasteiger partial charge in [0.2, 0.25) is 0 Å². The molecule has 0 bridgehead atoms. The summed E-state index contributed by atoms with van der Waals surface area (Å²) in [4.78, 5) is 12.2. The minimum atomic E-state index is 0.283. The lowest BCUT2D eigenvalue weighted by Gasteiger charge is -2.02. The van der Waals surface area contributed by atoms with Crippen LogP contribution in [0.2, 0.25) is 0 Å². The van der Waals surface area contributed by atoms with Gasteiger partial charge >= 0.3 is 0 Å². The number of benzene rings is 2. The number of hydrogen-bond acceptors (Lipinski definition) is 5. The van der Waals surface area contributed by atoms with Crippen molar-refractivity contribution < 1.29 is 14.3 Å². The largest absolute Gasteiger partial charge is 0.497 e. The third-order valence-corrected chi connectivity index (χ3v) is 5.98. The molecule has 0 N–H and O–H groups in total. The average Bonchev–Trinajstić information content (AvgIpc) is 3.07. The number of carbonyl (C=O) groups excluding carboxylic acids is 1. The summed E-state index contributed by atoms with van der Waals surface area (Å²) in [5.41, 5.74) is 1.33. The molecule has 0 atom stereocenters. The van der Waals surface area contributed by atoms with E-state index in [2.05, 4.69) is 24.4 Å². The quantitative estimate of drug-likeness (QED) is 0.486. The SMILES string of the molecule is CCC(=O)CSc1ccc(OC)cc1.COc1ccc2scc(C)c2c1. The number of hydrogen-bond donors (Lipinski definition) is 0. The van der Waals surface area contributed by atoms with E-state index in [0.717, 1.165) is 16.4 Å². The van der Waals surface area contributed by atoms with E-state index in [-0.39, 0.29) is 5.78 Å². The molecule has 0 saturated carbocycles. The van der Waals surface area contributed by atoms with E-state index in [1.165, 1.54) is 15.6 Å². The second kappa shape index (κ2) is 10.2. The van der Waals surface area contributed by atoms with Crippen molar-refractivity contribution in [1.29, 1.82) is 0 Å². The summed E-state index contributed by atoms with van der Waals surface area (Å²) < 4.78 is 11.5. The van der Waals surface area contributed by atoms with Crippen LogP contribution in [0.4, 0.5) is 0 Å². The smallest absolute Gasteiger partial charge is 0.142 e. The topological polar surface area (TPSA) is 35.5 Å². The van der Waals surface area contributed by atoms with Gasteiger partial charge in [0.1, 0.15) is 17.3 Å². The molecule has 0 aliphatic heterocycles. The van der Waals surface area contributed by atoms with Crippen LogP contribution in [-0.4, -0.2) is 25.8 Å². The van der Waals surface area contributed by atoms with Crippen LogP contribution in [0.1, 0.15) is 18.9 Å². The lowest BCUT2D eigenvalue weighted by Crippen LogP contribution is -1.97. The highest BCUT2D eigenvalue weighted by Gasteiger charge is 2.01. The van der Waals surface area contributed by atoms with Gasteiger partial charge < -0.3 is 9.47 Å². The van der Waals surface area contributed by atoms with Crippen LogP contribution in [0.25, 0.3) is 10.1 Å². The second-order valence-electron chi connectivity index (χ2n) is 5.64. The number of fused-ring (bicyclic) bond motifs is 1. The van der Waals surface area contributed by atoms with E-state index in [4.69, 9.17) is 9.47 Å². The number of aryl methyl sites for hydroxylation is 1. The molecule has 5 heteroatoms.